The van der Waals surface area contributed by atoms with Crippen molar-refractivity contribution in [1.29, 1.82) is 0 Å². The van der Waals surface area contributed by atoms with Crippen molar-refractivity contribution in [3.63, 3.8) is 0 Å². The molecule has 29 heavy (non-hydrogen) atoms. The van der Waals surface area contributed by atoms with Crippen molar-refractivity contribution in [2.24, 2.45) is 17.8 Å². The number of nitrogens with zero attached hydrogens (tertiary/aromatic N) is 4. The molecular weight excluding hydrogens is 391 g/mol. The van der Waals surface area contributed by atoms with E-state index in [1.807, 2.05) is 4.90 Å². The van der Waals surface area contributed by atoms with E-state index >= 15 is 0 Å². The maximum atomic E-state index is 12.8. The van der Waals surface area contributed by atoms with Gasteiger partial charge in [0.2, 0.25) is 11.8 Å². The van der Waals surface area contributed by atoms with E-state index in [2.05, 4.69) is 10.3 Å². The number of nitrogens with one attached hydrogen (secondary N) is 1. The summed E-state index contributed by atoms with van der Waals surface area (Å²) in [6.07, 6.45) is -3.59. The molecule has 156 valence electrons. The van der Waals surface area contributed by atoms with E-state index < -0.39 is 29.6 Å². The van der Waals surface area contributed by atoms with Crippen LogP contribution in [-0.4, -0.2) is 72.4 Å². The molecule has 3 atom stereocenters. The van der Waals surface area contributed by atoms with Gasteiger partial charge in [-0.15, -0.1) is 0 Å². The van der Waals surface area contributed by atoms with Crippen molar-refractivity contribution in [1.82, 2.24) is 20.1 Å². The Labute approximate surface area is 164 Å². The van der Waals surface area contributed by atoms with Crippen molar-refractivity contribution in [3.8, 4) is 0 Å². The number of halogens is 3. The van der Waals surface area contributed by atoms with Crippen LogP contribution in [0.1, 0.15) is 5.56 Å². The lowest BCUT2D eigenvalue weighted by atomic mass is 10.0. The number of fused-ring (bicyclic) bond motifs is 1. The first-order valence-electron chi connectivity index (χ1n) is 9.27. The molecule has 1 aromatic heterocycles. The average molecular weight is 411 g/mol. The lowest BCUT2D eigenvalue weighted by Gasteiger charge is -2.31. The van der Waals surface area contributed by atoms with Crippen LogP contribution in [-0.2, 0) is 15.8 Å². The number of likely N-dealkylation sites (tertiary alicyclic amines) is 1. The van der Waals surface area contributed by atoms with Gasteiger partial charge in [-0.3, -0.25) is 14.5 Å². The summed E-state index contributed by atoms with van der Waals surface area (Å²) in [6.45, 7) is 2.11. The van der Waals surface area contributed by atoms with Gasteiger partial charge in [-0.25, -0.2) is 9.78 Å². The first kappa shape index (κ1) is 19.5. The number of anilines is 1. The normalized spacial score (nSPS) is 27.3. The molecule has 3 aliphatic rings. The number of carbonyl (C=O) groups is 3. The molecule has 3 saturated heterocycles. The van der Waals surface area contributed by atoms with E-state index in [-0.39, 0.29) is 24.3 Å². The minimum absolute atomic E-state index is 0.00568. The fourth-order valence-corrected chi connectivity index (χ4v) is 4.24. The summed E-state index contributed by atoms with van der Waals surface area (Å²) >= 11 is 0. The van der Waals surface area contributed by atoms with Crippen molar-refractivity contribution in [2.75, 3.05) is 44.7 Å². The number of hydrogen-bond donors (Lipinski definition) is 1. The van der Waals surface area contributed by atoms with Crippen molar-refractivity contribution in [3.05, 3.63) is 23.9 Å². The number of pyridine rings is 1. The number of alkyl halides is 3. The second kappa shape index (κ2) is 6.89. The van der Waals surface area contributed by atoms with Crippen LogP contribution in [0, 0.1) is 17.8 Å². The van der Waals surface area contributed by atoms with Gasteiger partial charge < -0.3 is 15.1 Å². The number of aromatic nitrogens is 1. The molecule has 1 N–H and O–H groups in total. The second-order valence-corrected chi connectivity index (χ2v) is 7.71. The molecule has 1 aromatic rings. The van der Waals surface area contributed by atoms with Gasteiger partial charge in [0.1, 0.15) is 11.7 Å². The smallest absolute Gasteiger partial charge is 0.356 e. The highest BCUT2D eigenvalue weighted by atomic mass is 19.4. The Hall–Kier alpha value is -2.85. The molecule has 4 heterocycles. The van der Waals surface area contributed by atoms with Gasteiger partial charge >= 0.3 is 12.2 Å². The van der Waals surface area contributed by atoms with E-state index in [0.717, 1.165) is 17.2 Å². The maximum absolute atomic E-state index is 12.8. The molecule has 3 fully saturated rings. The van der Waals surface area contributed by atoms with Crippen molar-refractivity contribution in [2.45, 2.75) is 6.18 Å². The zero-order chi connectivity index (χ0) is 20.9. The summed E-state index contributed by atoms with van der Waals surface area (Å²) in [5.74, 6) is -0.911. The number of carbonyl (C=O) groups excluding carboxylic acids is 3. The van der Waals surface area contributed by atoms with Crippen molar-refractivity contribution >= 4 is 23.7 Å². The number of imide groups is 1. The van der Waals surface area contributed by atoms with Crippen LogP contribution in [0.4, 0.5) is 23.8 Å². The quantitative estimate of drug-likeness (QED) is 0.728. The number of urea groups is 1. The molecule has 11 heteroatoms. The van der Waals surface area contributed by atoms with Crippen LogP contribution in [0.15, 0.2) is 18.3 Å². The molecule has 0 radical (unpaired) electrons. The first-order chi connectivity index (χ1) is 13.6. The topological polar surface area (TPSA) is 85.8 Å². The van der Waals surface area contributed by atoms with Gasteiger partial charge in [0.05, 0.1) is 5.56 Å². The predicted octanol–water partition coefficient (Wildman–Crippen LogP) is 0.793. The van der Waals surface area contributed by atoms with E-state index in [9.17, 15) is 27.6 Å². The van der Waals surface area contributed by atoms with Crippen LogP contribution in [0.5, 0.6) is 0 Å². The lowest BCUT2D eigenvalue weighted by molar-refractivity contribution is -0.145. The Morgan fingerprint density at radius 1 is 1.14 bits per heavy atom. The summed E-state index contributed by atoms with van der Waals surface area (Å²) in [6, 6.07) is 1.87. The van der Waals surface area contributed by atoms with Gasteiger partial charge in [-0.05, 0) is 12.1 Å². The summed E-state index contributed by atoms with van der Waals surface area (Å²) in [5.41, 5.74) is -0.786. The summed E-state index contributed by atoms with van der Waals surface area (Å²) in [7, 11) is 1.34. The minimum atomic E-state index is -4.42. The summed E-state index contributed by atoms with van der Waals surface area (Å²) < 4.78 is 38.1. The molecule has 0 aliphatic carbocycles. The second-order valence-electron chi connectivity index (χ2n) is 7.71. The molecular formula is C18H20F3N5O3. The van der Waals surface area contributed by atoms with Crippen LogP contribution in [0.3, 0.4) is 0 Å². The fourth-order valence-electron chi connectivity index (χ4n) is 4.24. The van der Waals surface area contributed by atoms with Gasteiger partial charge in [0.15, 0.2) is 0 Å². The van der Waals surface area contributed by atoms with Crippen LogP contribution < -0.4 is 10.2 Å². The molecule has 4 rings (SSSR count). The van der Waals surface area contributed by atoms with Gasteiger partial charge in [-0.1, -0.05) is 0 Å². The van der Waals surface area contributed by atoms with Crippen LogP contribution >= 0.6 is 0 Å². The third-order valence-corrected chi connectivity index (χ3v) is 5.89. The number of hydrogen-bond acceptors (Lipinski definition) is 5. The van der Waals surface area contributed by atoms with E-state index in [4.69, 9.17) is 0 Å². The third kappa shape index (κ3) is 3.49. The lowest BCUT2D eigenvalue weighted by Crippen LogP contribution is -2.57. The first-order valence-corrected chi connectivity index (χ1v) is 9.27. The SMILES string of the molecule is CN1C(=O)NCC(C(=O)N2CC3CN(c4ccc(C(F)(F)F)cn4)CC3C2)C1=O. The molecule has 0 bridgehead atoms. The van der Waals surface area contributed by atoms with E-state index in [0.29, 0.717) is 32.0 Å². The zero-order valence-electron chi connectivity index (χ0n) is 15.6. The minimum Gasteiger partial charge on any atom is -0.356 e. The van der Waals surface area contributed by atoms with Gasteiger partial charge in [0.25, 0.3) is 0 Å². The average Bonchev–Trinajstić information content (AvgIpc) is 3.24. The molecule has 3 unspecified atom stereocenters. The van der Waals surface area contributed by atoms with Crippen LogP contribution in [0.2, 0.25) is 0 Å². The largest absolute Gasteiger partial charge is 0.417 e. The predicted molar refractivity (Wildman–Crippen MR) is 94.7 cm³/mol. The van der Waals surface area contributed by atoms with Crippen LogP contribution in [0.25, 0.3) is 0 Å². The van der Waals surface area contributed by atoms with Gasteiger partial charge in [0, 0.05) is 57.8 Å². The van der Waals surface area contributed by atoms with E-state index in [1.54, 1.807) is 4.90 Å². The van der Waals surface area contributed by atoms with Crippen molar-refractivity contribution < 1.29 is 27.6 Å². The highest BCUT2D eigenvalue weighted by Crippen LogP contribution is 2.35. The zero-order valence-corrected chi connectivity index (χ0v) is 15.6. The molecule has 4 amide bonds. The highest BCUT2D eigenvalue weighted by molar-refractivity contribution is 6.08. The third-order valence-electron chi connectivity index (χ3n) is 5.89. The monoisotopic (exact) mass is 411 g/mol. The number of rotatable bonds is 2. The molecule has 3 aliphatic heterocycles. The Balaban J connectivity index is 1.37. The Morgan fingerprint density at radius 2 is 1.79 bits per heavy atom. The fraction of sp³-hybridized carbons (Fsp3) is 0.556. The Bertz CT molecular complexity index is 830. The Morgan fingerprint density at radius 3 is 2.34 bits per heavy atom. The highest BCUT2D eigenvalue weighted by Gasteiger charge is 2.46. The molecule has 0 saturated carbocycles. The molecule has 0 aromatic carbocycles. The van der Waals surface area contributed by atoms with Gasteiger partial charge in [-0.2, -0.15) is 13.2 Å². The summed E-state index contributed by atoms with van der Waals surface area (Å²) in [4.78, 5) is 44.9. The standard InChI is InChI=1S/C18H20F3N5O3/c1-24-15(27)13(5-23-17(24)29)16(28)26-8-10-6-25(7-11(10)9-26)14-3-2-12(4-22-14)18(19,20)21/h2-4,10-11,13H,5-9H2,1H3,(H,23,29). The molecule has 0 spiro atoms. The Kier molecular flexibility index (Phi) is 4.62. The summed E-state index contributed by atoms with van der Waals surface area (Å²) in [5, 5.41) is 2.53. The molecule has 8 nitrogen and oxygen atoms in total. The maximum Gasteiger partial charge on any atom is 0.417 e. The number of amides is 4. The van der Waals surface area contributed by atoms with E-state index in [1.165, 1.54) is 13.1 Å².